The lowest BCUT2D eigenvalue weighted by Crippen LogP contribution is -2.50. The molecule has 1 amide bonds. The van der Waals surface area contributed by atoms with Gasteiger partial charge in [0.2, 0.25) is 0 Å². The molecule has 1 saturated heterocycles. The van der Waals surface area contributed by atoms with Crippen molar-refractivity contribution < 1.29 is 9.53 Å². The number of amides is 1. The number of rotatable bonds is 7. The Morgan fingerprint density at radius 2 is 1.96 bits per heavy atom. The Balaban J connectivity index is 1.75. The third kappa shape index (κ3) is 7.71. The Morgan fingerprint density at radius 3 is 2.59 bits per heavy atom. The average Bonchev–Trinajstić information content (AvgIpc) is 2.67. The summed E-state index contributed by atoms with van der Waals surface area (Å²) in [6.45, 7) is 9.47. The van der Waals surface area contributed by atoms with E-state index in [9.17, 15) is 4.79 Å². The highest BCUT2D eigenvalue weighted by atomic mass is 32.2. The van der Waals surface area contributed by atoms with E-state index in [1.807, 2.05) is 18.7 Å². The second-order valence-electron chi connectivity index (χ2n) is 6.53. The molecule has 27 heavy (non-hydrogen) atoms. The summed E-state index contributed by atoms with van der Waals surface area (Å²) in [7, 11) is 0. The number of benzene rings is 1. The Labute approximate surface area is 167 Å². The minimum Gasteiger partial charge on any atom is -0.450 e. The van der Waals surface area contributed by atoms with Crippen LogP contribution in [0.15, 0.2) is 34.2 Å². The summed E-state index contributed by atoms with van der Waals surface area (Å²) < 4.78 is 5.07. The fourth-order valence-electron chi connectivity index (χ4n) is 2.89. The van der Waals surface area contributed by atoms with Crippen molar-refractivity contribution in [3.63, 3.8) is 0 Å². The Kier molecular flexibility index (Phi) is 9.31. The molecule has 0 saturated carbocycles. The zero-order valence-corrected chi connectivity index (χ0v) is 17.5. The van der Waals surface area contributed by atoms with Crippen LogP contribution in [-0.4, -0.2) is 61.5 Å². The maximum atomic E-state index is 11.8. The first-order valence-electron chi connectivity index (χ1n) is 9.78. The molecule has 1 aromatic carbocycles. The number of aryl methyl sites for hydroxylation is 1. The number of hydrogen-bond donors (Lipinski definition) is 2. The van der Waals surface area contributed by atoms with E-state index in [1.165, 1.54) is 10.5 Å². The number of carbonyl (C=O) groups is 1. The van der Waals surface area contributed by atoms with Crippen LogP contribution in [0, 0.1) is 6.92 Å². The van der Waals surface area contributed by atoms with Gasteiger partial charge in [0.05, 0.1) is 13.2 Å². The maximum Gasteiger partial charge on any atom is 0.409 e. The topological polar surface area (TPSA) is 66.0 Å². The minimum absolute atomic E-state index is 0.204. The molecule has 1 aromatic rings. The lowest BCUT2D eigenvalue weighted by molar-refractivity contribution is 0.0963. The minimum atomic E-state index is -0.204. The van der Waals surface area contributed by atoms with Crippen LogP contribution in [0.4, 0.5) is 4.79 Å². The molecule has 7 heteroatoms. The van der Waals surface area contributed by atoms with E-state index < -0.39 is 0 Å². The molecule has 0 radical (unpaired) electrons. The second kappa shape index (κ2) is 11.7. The normalized spacial score (nSPS) is 15.5. The first kappa shape index (κ1) is 21.4. The number of carbonyl (C=O) groups excluding carboxylic acids is 1. The van der Waals surface area contributed by atoms with Gasteiger partial charge >= 0.3 is 6.09 Å². The fourth-order valence-corrected chi connectivity index (χ4v) is 3.64. The highest BCUT2D eigenvalue weighted by Crippen LogP contribution is 2.17. The van der Waals surface area contributed by atoms with Crippen molar-refractivity contribution in [2.75, 3.05) is 38.5 Å². The van der Waals surface area contributed by atoms with Crippen molar-refractivity contribution >= 4 is 23.8 Å². The number of nitrogens with zero attached hydrogens (tertiary/aromatic N) is 2. The van der Waals surface area contributed by atoms with Gasteiger partial charge in [0.1, 0.15) is 0 Å². The monoisotopic (exact) mass is 392 g/mol. The SMILES string of the molecule is CCNC(=NCCSc1ccc(C)cc1)NC1CCN(C(=O)OCC)CC1. The average molecular weight is 393 g/mol. The smallest absolute Gasteiger partial charge is 0.409 e. The fraction of sp³-hybridized carbons (Fsp3) is 0.600. The summed E-state index contributed by atoms with van der Waals surface area (Å²) in [5.74, 6) is 1.80. The van der Waals surface area contributed by atoms with Gasteiger partial charge in [-0.25, -0.2) is 4.79 Å². The summed E-state index contributed by atoms with van der Waals surface area (Å²) in [6.07, 6.45) is 1.60. The predicted octanol–water partition coefficient (Wildman–Crippen LogP) is 3.26. The van der Waals surface area contributed by atoms with E-state index in [2.05, 4.69) is 48.7 Å². The molecule has 0 aromatic heterocycles. The highest BCUT2D eigenvalue weighted by Gasteiger charge is 2.23. The predicted molar refractivity (Wildman–Crippen MR) is 113 cm³/mol. The summed E-state index contributed by atoms with van der Waals surface area (Å²) in [6, 6.07) is 8.92. The molecule has 0 atom stereocenters. The summed E-state index contributed by atoms with van der Waals surface area (Å²) >= 11 is 1.82. The van der Waals surface area contributed by atoms with Crippen LogP contribution in [-0.2, 0) is 4.74 Å². The molecule has 0 spiro atoms. The van der Waals surface area contributed by atoms with Gasteiger partial charge in [0, 0.05) is 36.3 Å². The van der Waals surface area contributed by atoms with E-state index >= 15 is 0 Å². The van der Waals surface area contributed by atoms with E-state index in [-0.39, 0.29) is 6.09 Å². The van der Waals surface area contributed by atoms with Gasteiger partial charge in [-0.15, -0.1) is 11.8 Å². The van der Waals surface area contributed by atoms with Crippen LogP contribution in [0.3, 0.4) is 0 Å². The number of aliphatic imine (C=N–C) groups is 1. The molecule has 6 nitrogen and oxygen atoms in total. The van der Waals surface area contributed by atoms with Crippen LogP contribution in [0.25, 0.3) is 0 Å². The Morgan fingerprint density at radius 1 is 1.26 bits per heavy atom. The Bertz CT molecular complexity index is 599. The lowest BCUT2D eigenvalue weighted by atomic mass is 10.1. The first-order chi connectivity index (χ1) is 13.1. The van der Waals surface area contributed by atoms with Gasteiger partial charge in [-0.05, 0) is 45.7 Å². The van der Waals surface area contributed by atoms with E-state index in [0.717, 1.165) is 50.7 Å². The van der Waals surface area contributed by atoms with Gasteiger partial charge in [0.25, 0.3) is 0 Å². The number of guanidine groups is 1. The first-order valence-corrected chi connectivity index (χ1v) is 10.8. The van der Waals surface area contributed by atoms with Gasteiger partial charge in [-0.2, -0.15) is 0 Å². The van der Waals surface area contributed by atoms with Crippen molar-refractivity contribution in [2.45, 2.75) is 44.6 Å². The van der Waals surface area contributed by atoms with Crippen LogP contribution in [0.5, 0.6) is 0 Å². The van der Waals surface area contributed by atoms with Crippen LogP contribution < -0.4 is 10.6 Å². The molecule has 2 N–H and O–H groups in total. The molecule has 1 fully saturated rings. The molecule has 150 valence electrons. The summed E-state index contributed by atoms with van der Waals surface area (Å²) in [5.41, 5.74) is 1.28. The Hall–Kier alpha value is -1.89. The number of hydrogen-bond acceptors (Lipinski definition) is 4. The van der Waals surface area contributed by atoms with Crippen molar-refractivity contribution in [2.24, 2.45) is 4.99 Å². The highest BCUT2D eigenvalue weighted by molar-refractivity contribution is 7.99. The molecule has 0 bridgehead atoms. The number of piperidine rings is 1. The second-order valence-corrected chi connectivity index (χ2v) is 7.70. The number of likely N-dealkylation sites (tertiary alicyclic amines) is 1. The van der Waals surface area contributed by atoms with Crippen LogP contribution >= 0.6 is 11.8 Å². The van der Waals surface area contributed by atoms with Gasteiger partial charge in [0.15, 0.2) is 5.96 Å². The van der Waals surface area contributed by atoms with Crippen molar-refractivity contribution in [3.8, 4) is 0 Å². The van der Waals surface area contributed by atoms with Crippen LogP contribution in [0.1, 0.15) is 32.3 Å². The number of thioether (sulfide) groups is 1. The number of nitrogens with one attached hydrogen (secondary N) is 2. The lowest BCUT2D eigenvalue weighted by Gasteiger charge is -2.32. The summed E-state index contributed by atoms with van der Waals surface area (Å²) in [4.78, 5) is 19.5. The van der Waals surface area contributed by atoms with Crippen molar-refractivity contribution in [1.82, 2.24) is 15.5 Å². The van der Waals surface area contributed by atoms with Crippen molar-refractivity contribution in [1.29, 1.82) is 0 Å². The molecule has 0 aliphatic carbocycles. The largest absolute Gasteiger partial charge is 0.450 e. The molecule has 1 aliphatic heterocycles. The molecule has 1 aliphatic rings. The molecular formula is C20H32N4O2S. The number of ether oxygens (including phenoxy) is 1. The van der Waals surface area contributed by atoms with E-state index in [0.29, 0.717) is 12.6 Å². The quantitative estimate of drug-likeness (QED) is 0.323. The maximum absolute atomic E-state index is 11.8. The molecule has 1 heterocycles. The molecule has 2 rings (SSSR count). The third-order valence-corrected chi connectivity index (χ3v) is 5.35. The van der Waals surface area contributed by atoms with Gasteiger partial charge in [-0.3, -0.25) is 4.99 Å². The van der Waals surface area contributed by atoms with Crippen molar-refractivity contribution in [3.05, 3.63) is 29.8 Å². The zero-order chi connectivity index (χ0) is 19.5. The zero-order valence-electron chi connectivity index (χ0n) is 16.7. The summed E-state index contributed by atoms with van der Waals surface area (Å²) in [5, 5.41) is 6.82. The van der Waals surface area contributed by atoms with Gasteiger partial charge in [-0.1, -0.05) is 17.7 Å². The standard InChI is InChI=1S/C20H32N4O2S/c1-4-21-19(22-12-15-27-18-8-6-16(3)7-9-18)23-17-10-13-24(14-11-17)20(25)26-5-2/h6-9,17H,4-5,10-15H2,1-3H3,(H2,21,22,23). The van der Waals surface area contributed by atoms with Crippen LogP contribution in [0.2, 0.25) is 0 Å². The van der Waals surface area contributed by atoms with E-state index in [4.69, 9.17) is 9.73 Å². The van der Waals surface area contributed by atoms with E-state index in [1.54, 1.807) is 4.90 Å². The molecular weight excluding hydrogens is 360 g/mol. The molecule has 0 unspecified atom stereocenters. The van der Waals surface area contributed by atoms with Gasteiger partial charge < -0.3 is 20.3 Å². The third-order valence-electron chi connectivity index (χ3n) is 4.36.